The van der Waals surface area contributed by atoms with Crippen molar-refractivity contribution in [2.45, 2.75) is 46.1 Å². The molecule has 0 saturated heterocycles. The number of rotatable bonds is 4. The molecule has 1 aliphatic carbocycles. The number of nitriles is 1. The van der Waals surface area contributed by atoms with Crippen molar-refractivity contribution < 1.29 is 0 Å². The average molecular weight is 256 g/mol. The average Bonchev–Trinajstić information content (AvgIpc) is 2.42. The van der Waals surface area contributed by atoms with Crippen molar-refractivity contribution in [2.75, 3.05) is 6.54 Å². The molecule has 0 aromatic heterocycles. The summed E-state index contributed by atoms with van der Waals surface area (Å²) in [7, 11) is 0. The van der Waals surface area contributed by atoms with Gasteiger partial charge in [0.05, 0.1) is 11.6 Å². The van der Waals surface area contributed by atoms with Crippen LogP contribution < -0.4 is 5.32 Å². The third-order valence-corrected chi connectivity index (χ3v) is 4.48. The fraction of sp³-hybridized carbons (Fsp3) is 0.588. The number of hydrogen-bond donors (Lipinski definition) is 1. The number of nitrogens with one attached hydrogen (secondary N) is 1. The molecule has 0 amide bonds. The number of hydrogen-bond acceptors (Lipinski definition) is 2. The highest BCUT2D eigenvalue weighted by molar-refractivity contribution is 5.37. The predicted octanol–water partition coefficient (Wildman–Crippen LogP) is 3.78. The minimum Gasteiger partial charge on any atom is -0.312 e. The molecular weight excluding hydrogens is 232 g/mol. The third kappa shape index (κ3) is 3.81. The van der Waals surface area contributed by atoms with Crippen LogP contribution in [0.5, 0.6) is 0 Å². The molecule has 0 spiro atoms. The summed E-state index contributed by atoms with van der Waals surface area (Å²) >= 11 is 0. The Hall–Kier alpha value is -1.33. The normalized spacial score (nSPS) is 23.0. The molecule has 2 rings (SSSR count). The van der Waals surface area contributed by atoms with E-state index in [1.165, 1.54) is 36.8 Å². The first-order valence-corrected chi connectivity index (χ1v) is 7.41. The fourth-order valence-electron chi connectivity index (χ4n) is 3.05. The number of benzene rings is 1. The van der Waals surface area contributed by atoms with Gasteiger partial charge in [-0.3, -0.25) is 0 Å². The first-order valence-electron chi connectivity index (χ1n) is 7.41. The van der Waals surface area contributed by atoms with E-state index in [9.17, 15) is 0 Å². The van der Waals surface area contributed by atoms with E-state index in [2.05, 4.69) is 31.3 Å². The van der Waals surface area contributed by atoms with Crippen molar-refractivity contribution in [3.63, 3.8) is 0 Å². The van der Waals surface area contributed by atoms with Gasteiger partial charge in [0.2, 0.25) is 0 Å². The second-order valence-corrected chi connectivity index (χ2v) is 5.91. The molecule has 2 unspecified atom stereocenters. The molecule has 1 aromatic rings. The summed E-state index contributed by atoms with van der Waals surface area (Å²) in [5, 5.41) is 12.5. The summed E-state index contributed by atoms with van der Waals surface area (Å²) < 4.78 is 0. The Morgan fingerprint density at radius 3 is 2.79 bits per heavy atom. The minimum absolute atomic E-state index is 0.752. The van der Waals surface area contributed by atoms with Crippen molar-refractivity contribution >= 4 is 0 Å². The largest absolute Gasteiger partial charge is 0.312 e. The van der Waals surface area contributed by atoms with E-state index in [1.807, 2.05) is 12.1 Å². The van der Waals surface area contributed by atoms with E-state index >= 15 is 0 Å². The fourth-order valence-corrected chi connectivity index (χ4v) is 3.05. The molecule has 19 heavy (non-hydrogen) atoms. The summed E-state index contributed by atoms with van der Waals surface area (Å²) in [4.78, 5) is 0. The Balaban J connectivity index is 1.84. The molecule has 0 aliphatic heterocycles. The molecule has 102 valence electrons. The van der Waals surface area contributed by atoms with Crippen molar-refractivity contribution in [2.24, 2.45) is 11.8 Å². The summed E-state index contributed by atoms with van der Waals surface area (Å²) in [5.41, 5.74) is 3.27. The lowest BCUT2D eigenvalue weighted by Crippen LogP contribution is -2.29. The van der Waals surface area contributed by atoms with Crippen LogP contribution in [0.2, 0.25) is 0 Å². The highest BCUT2D eigenvalue weighted by atomic mass is 14.9. The van der Waals surface area contributed by atoms with Gasteiger partial charge in [0.1, 0.15) is 0 Å². The zero-order valence-electron chi connectivity index (χ0n) is 12.1. The first-order chi connectivity index (χ1) is 9.20. The van der Waals surface area contributed by atoms with Crippen LogP contribution in [0.3, 0.4) is 0 Å². The van der Waals surface area contributed by atoms with Gasteiger partial charge in [0.15, 0.2) is 0 Å². The van der Waals surface area contributed by atoms with Gasteiger partial charge in [-0.15, -0.1) is 0 Å². The Morgan fingerprint density at radius 1 is 1.32 bits per heavy atom. The van der Waals surface area contributed by atoms with E-state index in [4.69, 9.17) is 5.26 Å². The summed E-state index contributed by atoms with van der Waals surface area (Å²) in [6, 6.07) is 8.15. The summed E-state index contributed by atoms with van der Waals surface area (Å²) in [6.45, 7) is 6.51. The molecule has 1 aliphatic rings. The lowest BCUT2D eigenvalue weighted by atomic mass is 9.80. The van der Waals surface area contributed by atoms with Crippen LogP contribution in [0.1, 0.15) is 49.3 Å². The molecular formula is C17H24N2. The molecule has 1 aromatic carbocycles. The minimum atomic E-state index is 0.752. The van der Waals surface area contributed by atoms with Crippen LogP contribution in [0, 0.1) is 30.1 Å². The Morgan fingerprint density at radius 2 is 2.11 bits per heavy atom. The predicted molar refractivity (Wildman–Crippen MR) is 78.7 cm³/mol. The second kappa shape index (κ2) is 6.73. The van der Waals surface area contributed by atoms with E-state index in [-0.39, 0.29) is 0 Å². The summed E-state index contributed by atoms with van der Waals surface area (Å²) in [5.74, 6) is 1.70. The van der Waals surface area contributed by atoms with Crippen molar-refractivity contribution in [3.05, 3.63) is 34.9 Å². The standard InChI is InChI=1S/C17H24N2/c1-13-5-3-4-6-16(13)11-19-12-17-8-7-15(10-18)9-14(17)2/h7-9,13,16,19H,3-6,11-12H2,1-2H3. The van der Waals surface area contributed by atoms with Crippen LogP contribution in [0.25, 0.3) is 0 Å². The lowest BCUT2D eigenvalue weighted by Gasteiger charge is -2.29. The zero-order valence-corrected chi connectivity index (χ0v) is 12.1. The molecule has 1 fully saturated rings. The second-order valence-electron chi connectivity index (χ2n) is 5.91. The van der Waals surface area contributed by atoms with E-state index < -0.39 is 0 Å². The molecule has 2 nitrogen and oxygen atoms in total. The Kier molecular flexibility index (Phi) is 4.99. The van der Waals surface area contributed by atoms with Gasteiger partial charge >= 0.3 is 0 Å². The number of aryl methyl sites for hydroxylation is 1. The topological polar surface area (TPSA) is 35.8 Å². The molecule has 2 heteroatoms. The highest BCUT2D eigenvalue weighted by Gasteiger charge is 2.20. The van der Waals surface area contributed by atoms with Gasteiger partial charge in [0.25, 0.3) is 0 Å². The van der Waals surface area contributed by atoms with E-state index in [0.29, 0.717) is 0 Å². The molecule has 0 bridgehead atoms. The van der Waals surface area contributed by atoms with Crippen LogP contribution in [0.4, 0.5) is 0 Å². The van der Waals surface area contributed by atoms with E-state index in [1.54, 1.807) is 0 Å². The van der Waals surface area contributed by atoms with Gasteiger partial charge < -0.3 is 5.32 Å². The van der Waals surface area contributed by atoms with Gasteiger partial charge in [-0.2, -0.15) is 5.26 Å². The maximum absolute atomic E-state index is 8.86. The van der Waals surface area contributed by atoms with Crippen LogP contribution in [0.15, 0.2) is 18.2 Å². The quantitative estimate of drug-likeness (QED) is 0.889. The highest BCUT2D eigenvalue weighted by Crippen LogP contribution is 2.28. The third-order valence-electron chi connectivity index (χ3n) is 4.48. The molecule has 0 heterocycles. The Bertz CT molecular complexity index is 459. The zero-order chi connectivity index (χ0) is 13.7. The smallest absolute Gasteiger partial charge is 0.0991 e. The van der Waals surface area contributed by atoms with Gasteiger partial charge in [-0.05, 0) is 55.0 Å². The van der Waals surface area contributed by atoms with Crippen molar-refractivity contribution in [3.8, 4) is 6.07 Å². The van der Waals surface area contributed by atoms with Crippen LogP contribution >= 0.6 is 0 Å². The van der Waals surface area contributed by atoms with Crippen LogP contribution in [-0.2, 0) is 6.54 Å². The number of nitrogens with zero attached hydrogens (tertiary/aromatic N) is 1. The first kappa shape index (κ1) is 14.1. The monoisotopic (exact) mass is 256 g/mol. The molecule has 0 radical (unpaired) electrons. The maximum atomic E-state index is 8.86. The van der Waals surface area contributed by atoms with Crippen molar-refractivity contribution in [1.82, 2.24) is 5.32 Å². The molecule has 1 N–H and O–H groups in total. The molecule has 2 atom stereocenters. The van der Waals surface area contributed by atoms with Gasteiger partial charge in [-0.25, -0.2) is 0 Å². The SMILES string of the molecule is Cc1cc(C#N)ccc1CNCC1CCCCC1C. The Labute approximate surface area is 116 Å². The van der Waals surface area contributed by atoms with E-state index in [0.717, 1.165) is 30.5 Å². The van der Waals surface area contributed by atoms with Crippen molar-refractivity contribution in [1.29, 1.82) is 5.26 Å². The summed E-state index contributed by atoms with van der Waals surface area (Å²) in [6.07, 6.45) is 5.57. The van der Waals surface area contributed by atoms with Gasteiger partial charge in [0, 0.05) is 6.54 Å². The van der Waals surface area contributed by atoms with Crippen LogP contribution in [-0.4, -0.2) is 6.54 Å². The lowest BCUT2D eigenvalue weighted by molar-refractivity contribution is 0.247. The maximum Gasteiger partial charge on any atom is 0.0991 e. The molecule has 1 saturated carbocycles. The van der Waals surface area contributed by atoms with Gasteiger partial charge in [-0.1, -0.05) is 32.3 Å².